The third-order valence-corrected chi connectivity index (χ3v) is 3.55. The van der Waals surface area contributed by atoms with Gasteiger partial charge in [0.2, 0.25) is 5.91 Å². The summed E-state index contributed by atoms with van der Waals surface area (Å²) in [6.07, 6.45) is 2.76. The van der Waals surface area contributed by atoms with Crippen LogP contribution in [0.2, 0.25) is 0 Å². The molecule has 5 heteroatoms. The van der Waals surface area contributed by atoms with Gasteiger partial charge in [0.15, 0.2) is 0 Å². The molecule has 0 aliphatic heterocycles. The van der Waals surface area contributed by atoms with Crippen LogP contribution < -0.4 is 5.32 Å². The molecule has 0 aliphatic carbocycles. The van der Waals surface area contributed by atoms with Gasteiger partial charge in [0.25, 0.3) is 0 Å². The number of fused-ring (bicyclic) bond motifs is 1. The lowest BCUT2D eigenvalue weighted by Gasteiger charge is -2.17. The summed E-state index contributed by atoms with van der Waals surface area (Å²) in [4.78, 5) is 26.1. The largest absolute Gasteiger partial charge is 0.480 e. The van der Waals surface area contributed by atoms with Crippen molar-refractivity contribution in [3.05, 3.63) is 36.0 Å². The van der Waals surface area contributed by atoms with Crippen LogP contribution in [0.25, 0.3) is 10.9 Å². The first kappa shape index (κ1) is 15.1. The molecule has 1 atom stereocenters. The molecular formula is C16H20N2O3. The molecule has 1 aromatic carbocycles. The van der Waals surface area contributed by atoms with Crippen LogP contribution in [-0.4, -0.2) is 28.0 Å². The highest BCUT2D eigenvalue weighted by atomic mass is 16.4. The van der Waals surface area contributed by atoms with E-state index in [0.29, 0.717) is 6.42 Å². The lowest BCUT2D eigenvalue weighted by molar-refractivity contribution is -0.143. The number of hydrogen-bond acceptors (Lipinski definition) is 2. The molecule has 21 heavy (non-hydrogen) atoms. The first-order chi connectivity index (χ1) is 9.99. The van der Waals surface area contributed by atoms with E-state index in [0.717, 1.165) is 16.5 Å². The van der Waals surface area contributed by atoms with E-state index in [-0.39, 0.29) is 18.2 Å². The molecule has 2 rings (SSSR count). The third kappa shape index (κ3) is 3.62. The molecule has 0 unspecified atom stereocenters. The Hall–Kier alpha value is -2.30. The molecule has 1 heterocycles. The minimum atomic E-state index is -0.995. The Morgan fingerprint density at radius 3 is 2.67 bits per heavy atom. The molecule has 5 nitrogen and oxygen atoms in total. The maximum absolute atomic E-state index is 11.9. The number of carbonyl (C=O) groups is 2. The van der Waals surface area contributed by atoms with Gasteiger partial charge in [-0.1, -0.05) is 32.0 Å². The Morgan fingerprint density at radius 1 is 1.29 bits per heavy atom. The molecule has 3 N–H and O–H groups in total. The molecule has 0 saturated carbocycles. The summed E-state index contributed by atoms with van der Waals surface area (Å²) in [6.45, 7) is 3.55. The second kappa shape index (κ2) is 6.43. The Morgan fingerprint density at radius 2 is 2.00 bits per heavy atom. The smallest absolute Gasteiger partial charge is 0.326 e. The summed E-state index contributed by atoms with van der Waals surface area (Å²) in [5.41, 5.74) is 2.11. The van der Waals surface area contributed by atoms with Gasteiger partial charge >= 0.3 is 5.97 Å². The van der Waals surface area contributed by atoms with Crippen LogP contribution in [-0.2, 0) is 16.0 Å². The van der Waals surface area contributed by atoms with Crippen LogP contribution >= 0.6 is 0 Å². The summed E-state index contributed by atoms with van der Waals surface area (Å²) in [5, 5.41) is 12.7. The van der Waals surface area contributed by atoms with E-state index < -0.39 is 12.0 Å². The normalized spacial score (nSPS) is 12.5. The predicted octanol–water partition coefficient (Wildman–Crippen LogP) is 2.33. The van der Waals surface area contributed by atoms with Crippen molar-refractivity contribution < 1.29 is 14.7 Å². The van der Waals surface area contributed by atoms with Crippen LogP contribution in [0.4, 0.5) is 0 Å². The number of aryl methyl sites for hydroxylation is 1. The zero-order valence-corrected chi connectivity index (χ0v) is 12.2. The van der Waals surface area contributed by atoms with Crippen molar-refractivity contribution in [3.63, 3.8) is 0 Å². The van der Waals surface area contributed by atoms with E-state index in [1.165, 1.54) is 0 Å². The average molecular weight is 288 g/mol. The number of para-hydroxylation sites is 1. The number of hydrogen-bond donors (Lipinski definition) is 3. The lowest BCUT2D eigenvalue weighted by Crippen LogP contribution is -2.44. The minimum Gasteiger partial charge on any atom is -0.480 e. The van der Waals surface area contributed by atoms with Crippen molar-refractivity contribution in [2.45, 2.75) is 32.7 Å². The van der Waals surface area contributed by atoms with Gasteiger partial charge in [-0.2, -0.15) is 0 Å². The van der Waals surface area contributed by atoms with Crippen molar-refractivity contribution in [3.8, 4) is 0 Å². The number of aliphatic carboxylic acids is 1. The number of carboxylic acid groups (broad SMARTS) is 1. The van der Waals surface area contributed by atoms with Gasteiger partial charge in [0.1, 0.15) is 6.04 Å². The highest BCUT2D eigenvalue weighted by Crippen LogP contribution is 2.18. The molecule has 1 aromatic heterocycles. The number of rotatable bonds is 6. The lowest BCUT2D eigenvalue weighted by atomic mass is 10.0. The number of amides is 1. The average Bonchev–Trinajstić information content (AvgIpc) is 2.85. The standard InChI is InChI=1S/C16H20N2O3/c1-10(2)15(16(20)21)18-14(19)8-7-11-9-17-13-6-4-3-5-12(11)13/h3-6,9-10,15,17H,7-8H2,1-2H3,(H,18,19)(H,20,21)/t15-/m0/s1. The first-order valence-electron chi connectivity index (χ1n) is 7.06. The van der Waals surface area contributed by atoms with Crippen molar-refractivity contribution in [2.24, 2.45) is 5.92 Å². The van der Waals surface area contributed by atoms with Gasteiger partial charge < -0.3 is 15.4 Å². The molecule has 0 radical (unpaired) electrons. The number of aromatic amines is 1. The van der Waals surface area contributed by atoms with Crippen molar-refractivity contribution in [1.29, 1.82) is 0 Å². The van der Waals surface area contributed by atoms with Crippen molar-refractivity contribution >= 4 is 22.8 Å². The SMILES string of the molecule is CC(C)[C@H](NC(=O)CCc1c[nH]c2ccccc12)C(=O)O. The first-order valence-corrected chi connectivity index (χ1v) is 7.06. The Balaban J connectivity index is 1.96. The van der Waals surface area contributed by atoms with E-state index in [2.05, 4.69) is 10.3 Å². The van der Waals surface area contributed by atoms with Gasteiger partial charge in [-0.3, -0.25) is 4.79 Å². The van der Waals surface area contributed by atoms with Crippen LogP contribution in [0.15, 0.2) is 30.5 Å². The molecule has 0 spiro atoms. The van der Waals surface area contributed by atoms with E-state index in [1.54, 1.807) is 13.8 Å². The van der Waals surface area contributed by atoms with Crippen LogP contribution in [0.1, 0.15) is 25.8 Å². The van der Waals surface area contributed by atoms with Gasteiger partial charge in [-0.05, 0) is 24.0 Å². The molecule has 0 aliphatic rings. The highest BCUT2D eigenvalue weighted by Gasteiger charge is 2.23. The Bertz CT molecular complexity index is 646. The quantitative estimate of drug-likeness (QED) is 0.763. The molecule has 0 fully saturated rings. The van der Waals surface area contributed by atoms with E-state index >= 15 is 0 Å². The maximum Gasteiger partial charge on any atom is 0.326 e. The number of benzene rings is 1. The second-order valence-electron chi connectivity index (χ2n) is 5.49. The summed E-state index contributed by atoms with van der Waals surface area (Å²) < 4.78 is 0. The molecule has 0 bridgehead atoms. The van der Waals surface area contributed by atoms with Crippen LogP contribution in [0, 0.1) is 5.92 Å². The molecular weight excluding hydrogens is 268 g/mol. The third-order valence-electron chi connectivity index (χ3n) is 3.55. The van der Waals surface area contributed by atoms with Gasteiger partial charge in [0, 0.05) is 23.5 Å². The van der Waals surface area contributed by atoms with Crippen LogP contribution in [0.5, 0.6) is 0 Å². The van der Waals surface area contributed by atoms with Crippen molar-refractivity contribution in [1.82, 2.24) is 10.3 Å². The maximum atomic E-state index is 11.9. The fourth-order valence-electron chi connectivity index (χ4n) is 2.35. The fourth-order valence-corrected chi connectivity index (χ4v) is 2.35. The Kier molecular flexibility index (Phi) is 4.62. The van der Waals surface area contributed by atoms with Gasteiger partial charge in [-0.15, -0.1) is 0 Å². The molecule has 0 saturated heterocycles. The summed E-state index contributed by atoms with van der Waals surface area (Å²) >= 11 is 0. The number of carboxylic acids is 1. The topological polar surface area (TPSA) is 82.2 Å². The zero-order valence-electron chi connectivity index (χ0n) is 12.2. The van der Waals surface area contributed by atoms with Crippen LogP contribution in [0.3, 0.4) is 0 Å². The van der Waals surface area contributed by atoms with Crippen molar-refractivity contribution in [2.75, 3.05) is 0 Å². The number of nitrogens with one attached hydrogen (secondary N) is 2. The van der Waals surface area contributed by atoms with E-state index in [9.17, 15) is 9.59 Å². The number of H-pyrrole nitrogens is 1. The fraction of sp³-hybridized carbons (Fsp3) is 0.375. The van der Waals surface area contributed by atoms with E-state index in [4.69, 9.17) is 5.11 Å². The van der Waals surface area contributed by atoms with Gasteiger partial charge in [0.05, 0.1) is 0 Å². The highest BCUT2D eigenvalue weighted by molar-refractivity contribution is 5.86. The monoisotopic (exact) mass is 288 g/mol. The number of aromatic nitrogens is 1. The number of carbonyl (C=O) groups excluding carboxylic acids is 1. The summed E-state index contributed by atoms with van der Waals surface area (Å²) in [6, 6.07) is 7.07. The van der Waals surface area contributed by atoms with E-state index in [1.807, 2.05) is 30.5 Å². The molecule has 112 valence electrons. The molecule has 2 aromatic rings. The molecule has 1 amide bonds. The summed E-state index contributed by atoms with van der Waals surface area (Å²) in [7, 11) is 0. The Labute approximate surface area is 123 Å². The minimum absolute atomic E-state index is 0.139. The van der Waals surface area contributed by atoms with Gasteiger partial charge in [-0.25, -0.2) is 4.79 Å². The zero-order chi connectivity index (χ0) is 15.4. The summed E-state index contributed by atoms with van der Waals surface area (Å²) in [5.74, 6) is -1.37. The second-order valence-corrected chi connectivity index (χ2v) is 5.49. The predicted molar refractivity (Wildman–Crippen MR) is 81.0 cm³/mol.